The number of likely N-dealkylation sites (N-methyl/N-ethyl adjacent to an activating group) is 1. The number of nitrogens with zero attached hydrogens (tertiary/aromatic N) is 5. The summed E-state index contributed by atoms with van der Waals surface area (Å²) in [6.07, 6.45) is -0.409. The van der Waals surface area contributed by atoms with Crippen LogP contribution in [0.25, 0.3) is 0 Å². The van der Waals surface area contributed by atoms with Gasteiger partial charge >= 0.3 is 6.09 Å². The fourth-order valence-electron chi connectivity index (χ4n) is 2.95. The van der Waals surface area contributed by atoms with E-state index in [9.17, 15) is 14.7 Å². The monoisotopic (exact) mass is 293 g/mol. The Hall–Kier alpha value is -2.09. The van der Waals surface area contributed by atoms with Gasteiger partial charge in [-0.3, -0.25) is 14.5 Å². The lowest BCUT2D eigenvalue weighted by Gasteiger charge is -2.31. The van der Waals surface area contributed by atoms with Gasteiger partial charge in [-0.05, 0) is 6.92 Å². The quantitative estimate of drug-likeness (QED) is 0.741. The summed E-state index contributed by atoms with van der Waals surface area (Å²) >= 11 is 0. The van der Waals surface area contributed by atoms with Gasteiger partial charge in [-0.1, -0.05) is 0 Å². The number of carbonyl (C=O) groups excluding carboxylic acids is 1. The van der Waals surface area contributed by atoms with Crippen molar-refractivity contribution in [1.82, 2.24) is 24.7 Å². The SMILES string of the molecule is C[C@@H]1Cc2nn3c(c2CN1C(=O)O)C(=O)N(C)N(C)CC3. The van der Waals surface area contributed by atoms with Gasteiger partial charge in [0.2, 0.25) is 0 Å². The molecule has 8 nitrogen and oxygen atoms in total. The standard InChI is InChI=1S/C13H19N5O3/c1-8-6-10-9(7-17(8)13(20)21)11-12(19)16(3)15(2)4-5-18(11)14-10/h8H,4-7H2,1-3H3,(H,20,21)/t8-/m1/s1. The molecule has 2 aliphatic rings. The topological polar surface area (TPSA) is 81.9 Å². The second-order valence-corrected chi connectivity index (χ2v) is 5.67. The number of fused-ring (bicyclic) bond motifs is 3. The first-order chi connectivity index (χ1) is 9.90. The maximum absolute atomic E-state index is 12.6. The van der Waals surface area contributed by atoms with Gasteiger partial charge in [-0.2, -0.15) is 5.10 Å². The maximum Gasteiger partial charge on any atom is 0.407 e. The molecule has 3 rings (SSSR count). The van der Waals surface area contributed by atoms with Crippen molar-refractivity contribution in [2.75, 3.05) is 20.6 Å². The first-order valence-electron chi connectivity index (χ1n) is 6.97. The van der Waals surface area contributed by atoms with Crippen LogP contribution in [0.2, 0.25) is 0 Å². The van der Waals surface area contributed by atoms with Crippen molar-refractivity contribution in [1.29, 1.82) is 0 Å². The highest BCUT2D eigenvalue weighted by atomic mass is 16.4. The second kappa shape index (κ2) is 4.73. The second-order valence-electron chi connectivity index (χ2n) is 5.67. The van der Waals surface area contributed by atoms with Crippen LogP contribution in [0.1, 0.15) is 28.7 Å². The van der Waals surface area contributed by atoms with Crippen molar-refractivity contribution in [3.8, 4) is 0 Å². The van der Waals surface area contributed by atoms with E-state index in [0.717, 1.165) is 11.3 Å². The van der Waals surface area contributed by atoms with Crippen LogP contribution in [0.5, 0.6) is 0 Å². The van der Waals surface area contributed by atoms with E-state index in [1.807, 2.05) is 19.0 Å². The van der Waals surface area contributed by atoms with Crippen molar-refractivity contribution in [2.45, 2.75) is 32.5 Å². The molecule has 0 aromatic carbocycles. The highest BCUT2D eigenvalue weighted by molar-refractivity contribution is 5.94. The van der Waals surface area contributed by atoms with Gasteiger partial charge in [0.1, 0.15) is 5.69 Å². The van der Waals surface area contributed by atoms with Crippen LogP contribution in [0, 0.1) is 0 Å². The van der Waals surface area contributed by atoms with Crippen molar-refractivity contribution in [2.24, 2.45) is 0 Å². The van der Waals surface area contributed by atoms with Gasteiger partial charge < -0.3 is 10.0 Å². The minimum atomic E-state index is -0.959. The molecule has 0 radical (unpaired) electrons. The highest BCUT2D eigenvalue weighted by Crippen LogP contribution is 2.27. The van der Waals surface area contributed by atoms with Gasteiger partial charge in [-0.15, -0.1) is 0 Å². The van der Waals surface area contributed by atoms with Crippen LogP contribution in [-0.4, -0.2) is 68.5 Å². The lowest BCUT2D eigenvalue weighted by molar-refractivity contribution is 0.0239. The molecule has 0 bridgehead atoms. The van der Waals surface area contributed by atoms with Crippen molar-refractivity contribution in [3.63, 3.8) is 0 Å². The predicted octanol–water partition coefficient (Wildman–Crippen LogP) is 0.240. The van der Waals surface area contributed by atoms with Crippen molar-refractivity contribution < 1.29 is 14.7 Å². The minimum absolute atomic E-state index is 0.121. The van der Waals surface area contributed by atoms with Gasteiger partial charge in [0.05, 0.1) is 18.8 Å². The molecule has 0 aliphatic carbocycles. The average molecular weight is 293 g/mol. The minimum Gasteiger partial charge on any atom is -0.465 e. The molecule has 8 heteroatoms. The molecule has 1 aromatic heterocycles. The zero-order chi connectivity index (χ0) is 15.3. The van der Waals surface area contributed by atoms with E-state index in [-0.39, 0.29) is 18.5 Å². The molecule has 1 atom stereocenters. The number of hydrogen-bond acceptors (Lipinski definition) is 4. The number of rotatable bonds is 0. The molecule has 0 saturated carbocycles. The number of aromatic nitrogens is 2. The van der Waals surface area contributed by atoms with E-state index < -0.39 is 6.09 Å². The fourth-order valence-corrected chi connectivity index (χ4v) is 2.95. The number of carbonyl (C=O) groups is 2. The van der Waals surface area contributed by atoms with Gasteiger partial charge in [0.15, 0.2) is 0 Å². The van der Waals surface area contributed by atoms with Crippen LogP contribution < -0.4 is 0 Å². The fraction of sp³-hybridized carbons (Fsp3) is 0.615. The molecule has 2 amide bonds. The molecule has 0 spiro atoms. The van der Waals surface area contributed by atoms with E-state index >= 15 is 0 Å². The lowest BCUT2D eigenvalue weighted by Crippen LogP contribution is -2.43. The smallest absolute Gasteiger partial charge is 0.407 e. The van der Waals surface area contributed by atoms with Gasteiger partial charge in [-0.25, -0.2) is 9.80 Å². The molecule has 0 saturated heterocycles. The summed E-state index contributed by atoms with van der Waals surface area (Å²) in [5, 5.41) is 17.2. The van der Waals surface area contributed by atoms with Crippen LogP contribution in [0.15, 0.2) is 0 Å². The van der Waals surface area contributed by atoms with Crippen LogP contribution in [0.3, 0.4) is 0 Å². The van der Waals surface area contributed by atoms with Crippen LogP contribution >= 0.6 is 0 Å². The Morgan fingerprint density at radius 2 is 2.05 bits per heavy atom. The normalized spacial score (nSPS) is 22.8. The summed E-state index contributed by atoms with van der Waals surface area (Å²) in [5.41, 5.74) is 2.12. The Bertz CT molecular complexity index is 611. The van der Waals surface area contributed by atoms with Crippen molar-refractivity contribution in [3.05, 3.63) is 17.0 Å². The Labute approximate surface area is 122 Å². The highest BCUT2D eigenvalue weighted by Gasteiger charge is 2.36. The molecular weight excluding hydrogens is 274 g/mol. The Morgan fingerprint density at radius 1 is 1.33 bits per heavy atom. The van der Waals surface area contributed by atoms with E-state index in [1.165, 1.54) is 4.90 Å². The molecule has 0 fully saturated rings. The molecule has 21 heavy (non-hydrogen) atoms. The predicted molar refractivity (Wildman–Crippen MR) is 73.7 cm³/mol. The van der Waals surface area contributed by atoms with E-state index in [2.05, 4.69) is 5.10 Å². The largest absolute Gasteiger partial charge is 0.465 e. The number of amides is 2. The first-order valence-corrected chi connectivity index (χ1v) is 6.97. The van der Waals surface area contributed by atoms with E-state index in [4.69, 9.17) is 0 Å². The zero-order valence-corrected chi connectivity index (χ0v) is 12.4. The average Bonchev–Trinajstić information content (AvgIpc) is 2.74. The molecule has 3 heterocycles. The van der Waals surface area contributed by atoms with Gasteiger partial charge in [0, 0.05) is 38.7 Å². The summed E-state index contributed by atoms with van der Waals surface area (Å²) in [4.78, 5) is 25.3. The zero-order valence-electron chi connectivity index (χ0n) is 12.4. The Morgan fingerprint density at radius 3 is 2.71 bits per heavy atom. The molecule has 114 valence electrons. The van der Waals surface area contributed by atoms with Crippen molar-refractivity contribution >= 4 is 12.0 Å². The third-order valence-electron chi connectivity index (χ3n) is 4.37. The van der Waals surface area contributed by atoms with Crippen LogP contribution in [0.4, 0.5) is 4.79 Å². The summed E-state index contributed by atoms with van der Waals surface area (Å²) in [6.45, 7) is 3.40. The Kier molecular flexibility index (Phi) is 3.12. The third kappa shape index (κ3) is 2.06. The van der Waals surface area contributed by atoms with E-state index in [1.54, 1.807) is 16.7 Å². The van der Waals surface area contributed by atoms with Gasteiger partial charge in [0.25, 0.3) is 5.91 Å². The first kappa shape index (κ1) is 13.9. The maximum atomic E-state index is 12.6. The molecule has 2 aliphatic heterocycles. The summed E-state index contributed by atoms with van der Waals surface area (Å²) in [6, 6.07) is -0.121. The number of carboxylic acid groups (broad SMARTS) is 1. The van der Waals surface area contributed by atoms with Crippen LogP contribution in [-0.2, 0) is 19.5 Å². The molecule has 1 N–H and O–H groups in total. The third-order valence-corrected chi connectivity index (χ3v) is 4.37. The lowest BCUT2D eigenvalue weighted by atomic mass is 10.00. The summed E-state index contributed by atoms with van der Waals surface area (Å²) < 4.78 is 1.73. The number of hydrogen-bond donors (Lipinski definition) is 1. The Balaban J connectivity index is 2.06. The molecule has 0 unspecified atom stereocenters. The summed E-state index contributed by atoms with van der Waals surface area (Å²) in [5.74, 6) is -0.136. The van der Waals surface area contributed by atoms with E-state index in [0.29, 0.717) is 25.2 Å². The summed E-state index contributed by atoms with van der Waals surface area (Å²) in [7, 11) is 3.57. The number of hydrazine groups is 1. The molecule has 1 aromatic rings. The molecular formula is C13H19N5O3.